The quantitative estimate of drug-likeness (QED) is 0.518. The fourth-order valence-corrected chi connectivity index (χ4v) is 2.78. The van der Waals surface area contributed by atoms with Crippen molar-refractivity contribution in [1.29, 1.82) is 0 Å². The van der Waals surface area contributed by atoms with Gasteiger partial charge in [-0.2, -0.15) is 0 Å². The molecule has 4 N–H and O–H groups in total. The number of rotatable bonds is 8. The number of para-hydroxylation sites is 3. The molecule has 0 radical (unpaired) electrons. The van der Waals surface area contributed by atoms with E-state index in [1.54, 1.807) is 60.7 Å². The number of nitrogens with two attached hydrogens (primary N) is 1. The van der Waals surface area contributed by atoms with Gasteiger partial charge in [0.25, 0.3) is 17.7 Å². The van der Waals surface area contributed by atoms with Gasteiger partial charge in [0.05, 0.1) is 18.4 Å². The maximum atomic E-state index is 12.5. The summed E-state index contributed by atoms with van der Waals surface area (Å²) in [6.07, 6.45) is 0. The van der Waals surface area contributed by atoms with Crippen molar-refractivity contribution in [2.75, 3.05) is 24.4 Å². The first-order valence-electron chi connectivity index (χ1n) is 9.34. The summed E-state index contributed by atoms with van der Waals surface area (Å²) < 4.78 is 10.6. The zero-order chi connectivity index (χ0) is 22.2. The number of carbonyl (C=O) groups is 3. The minimum absolute atomic E-state index is 0.195. The second-order valence-electron chi connectivity index (χ2n) is 6.43. The molecule has 3 aromatic carbocycles. The summed E-state index contributed by atoms with van der Waals surface area (Å²) in [5.41, 5.74) is 6.94. The van der Waals surface area contributed by atoms with Gasteiger partial charge in [-0.25, -0.2) is 0 Å². The zero-order valence-corrected chi connectivity index (χ0v) is 16.8. The van der Waals surface area contributed by atoms with Crippen LogP contribution in [0.25, 0.3) is 0 Å². The van der Waals surface area contributed by atoms with Gasteiger partial charge in [0, 0.05) is 11.3 Å². The molecule has 0 bridgehead atoms. The molecule has 8 heteroatoms. The average Bonchev–Trinajstić information content (AvgIpc) is 2.78. The Kier molecular flexibility index (Phi) is 6.85. The predicted molar refractivity (Wildman–Crippen MR) is 116 cm³/mol. The molecule has 0 unspecified atom stereocenters. The number of carbonyl (C=O) groups excluding carboxylic acids is 3. The van der Waals surface area contributed by atoms with E-state index in [0.717, 1.165) is 0 Å². The molecule has 0 spiro atoms. The third-order valence-corrected chi connectivity index (χ3v) is 4.30. The maximum absolute atomic E-state index is 12.5. The molecule has 0 fully saturated rings. The van der Waals surface area contributed by atoms with Gasteiger partial charge in [-0.15, -0.1) is 0 Å². The average molecular weight is 419 g/mol. The number of benzene rings is 3. The van der Waals surface area contributed by atoms with Crippen LogP contribution in [0.3, 0.4) is 0 Å². The lowest BCUT2D eigenvalue weighted by molar-refractivity contribution is -0.118. The fraction of sp³-hybridized carbons (Fsp3) is 0.0870. The first kappa shape index (κ1) is 21.4. The van der Waals surface area contributed by atoms with Crippen LogP contribution in [-0.4, -0.2) is 31.4 Å². The van der Waals surface area contributed by atoms with Gasteiger partial charge in [0.15, 0.2) is 6.61 Å². The molecular formula is C23H21N3O5. The standard InChI is InChI=1S/C23H21N3O5/c1-30-20-9-5-3-7-18(20)26-23(29)15-10-12-16(13-11-15)25-21(27)14-31-19-8-4-2-6-17(19)22(24)28/h2-13H,14H2,1H3,(H2,24,28)(H,25,27)(H,26,29). The molecule has 0 saturated heterocycles. The summed E-state index contributed by atoms with van der Waals surface area (Å²) in [6, 6.07) is 19.9. The van der Waals surface area contributed by atoms with E-state index in [1.165, 1.54) is 13.2 Å². The number of ether oxygens (including phenoxy) is 2. The van der Waals surface area contributed by atoms with E-state index < -0.39 is 11.8 Å². The van der Waals surface area contributed by atoms with Gasteiger partial charge in [0.1, 0.15) is 11.5 Å². The van der Waals surface area contributed by atoms with Gasteiger partial charge >= 0.3 is 0 Å². The number of amides is 3. The van der Waals surface area contributed by atoms with Gasteiger partial charge < -0.3 is 25.8 Å². The Morgan fingerprint density at radius 2 is 1.48 bits per heavy atom. The first-order chi connectivity index (χ1) is 15.0. The van der Waals surface area contributed by atoms with Crippen LogP contribution in [0.2, 0.25) is 0 Å². The first-order valence-corrected chi connectivity index (χ1v) is 9.34. The molecule has 0 aliphatic rings. The Bertz CT molecular complexity index is 1100. The van der Waals surface area contributed by atoms with E-state index in [1.807, 2.05) is 6.07 Å². The van der Waals surface area contributed by atoms with E-state index >= 15 is 0 Å². The summed E-state index contributed by atoms with van der Waals surface area (Å²) in [6.45, 7) is -0.305. The normalized spacial score (nSPS) is 10.1. The van der Waals surface area contributed by atoms with Crippen molar-refractivity contribution in [2.45, 2.75) is 0 Å². The van der Waals surface area contributed by atoms with Crippen molar-refractivity contribution in [3.05, 3.63) is 83.9 Å². The summed E-state index contributed by atoms with van der Waals surface area (Å²) >= 11 is 0. The van der Waals surface area contributed by atoms with Crippen LogP contribution in [0.15, 0.2) is 72.8 Å². The lowest BCUT2D eigenvalue weighted by atomic mass is 10.2. The second kappa shape index (κ2) is 9.93. The van der Waals surface area contributed by atoms with E-state index in [4.69, 9.17) is 15.2 Å². The molecule has 3 amide bonds. The summed E-state index contributed by atoms with van der Waals surface area (Å²) in [7, 11) is 1.53. The van der Waals surface area contributed by atoms with E-state index in [9.17, 15) is 14.4 Å². The molecule has 0 heterocycles. The molecule has 158 valence electrons. The zero-order valence-electron chi connectivity index (χ0n) is 16.8. The second-order valence-corrected chi connectivity index (χ2v) is 6.43. The van der Waals surface area contributed by atoms with Crippen molar-refractivity contribution >= 4 is 29.1 Å². The third-order valence-electron chi connectivity index (χ3n) is 4.30. The molecule has 8 nitrogen and oxygen atoms in total. The van der Waals surface area contributed by atoms with Crippen LogP contribution in [-0.2, 0) is 4.79 Å². The Hall–Kier alpha value is -4.33. The SMILES string of the molecule is COc1ccccc1NC(=O)c1ccc(NC(=O)COc2ccccc2C(N)=O)cc1. The van der Waals surface area contributed by atoms with E-state index in [-0.39, 0.29) is 23.8 Å². The van der Waals surface area contributed by atoms with Crippen LogP contribution in [0, 0.1) is 0 Å². The van der Waals surface area contributed by atoms with Gasteiger partial charge in [-0.05, 0) is 48.5 Å². The van der Waals surface area contributed by atoms with Gasteiger partial charge in [0.2, 0.25) is 0 Å². The van der Waals surface area contributed by atoms with Crippen LogP contribution in [0.1, 0.15) is 20.7 Å². The lowest BCUT2D eigenvalue weighted by Gasteiger charge is -2.11. The topological polar surface area (TPSA) is 120 Å². The summed E-state index contributed by atoms with van der Waals surface area (Å²) in [5, 5.41) is 5.44. The largest absolute Gasteiger partial charge is 0.495 e. The maximum Gasteiger partial charge on any atom is 0.262 e. The predicted octanol–water partition coefficient (Wildman–Crippen LogP) is 3.06. The molecule has 3 rings (SSSR count). The molecule has 31 heavy (non-hydrogen) atoms. The molecule has 0 aliphatic carbocycles. The molecule has 0 aliphatic heterocycles. The van der Waals surface area contributed by atoms with Crippen molar-refractivity contribution in [2.24, 2.45) is 5.73 Å². The summed E-state index contributed by atoms with van der Waals surface area (Å²) in [4.78, 5) is 36.0. The van der Waals surface area contributed by atoms with Crippen LogP contribution >= 0.6 is 0 Å². The minimum atomic E-state index is -0.641. The number of anilines is 2. The number of methoxy groups -OCH3 is 1. The monoisotopic (exact) mass is 419 g/mol. The molecule has 0 aromatic heterocycles. The van der Waals surface area contributed by atoms with E-state index in [2.05, 4.69) is 10.6 Å². The highest BCUT2D eigenvalue weighted by Crippen LogP contribution is 2.24. The third kappa shape index (κ3) is 5.60. The molecule has 3 aromatic rings. The minimum Gasteiger partial charge on any atom is -0.495 e. The number of nitrogens with one attached hydrogen (secondary N) is 2. The van der Waals surface area contributed by atoms with E-state index in [0.29, 0.717) is 22.7 Å². The number of hydrogen-bond acceptors (Lipinski definition) is 5. The van der Waals surface area contributed by atoms with Crippen molar-refractivity contribution in [3.63, 3.8) is 0 Å². The van der Waals surface area contributed by atoms with Crippen LogP contribution in [0.5, 0.6) is 11.5 Å². The molecular weight excluding hydrogens is 398 g/mol. The van der Waals surface area contributed by atoms with Gasteiger partial charge in [-0.1, -0.05) is 24.3 Å². The van der Waals surface area contributed by atoms with Crippen molar-refractivity contribution in [1.82, 2.24) is 0 Å². The number of primary amides is 1. The highest BCUT2D eigenvalue weighted by molar-refractivity contribution is 6.05. The molecule has 0 saturated carbocycles. The summed E-state index contributed by atoms with van der Waals surface area (Å²) in [5.74, 6) is -0.594. The number of hydrogen-bond donors (Lipinski definition) is 3. The highest BCUT2D eigenvalue weighted by Gasteiger charge is 2.12. The molecule has 0 atom stereocenters. The van der Waals surface area contributed by atoms with Gasteiger partial charge in [-0.3, -0.25) is 14.4 Å². The Balaban J connectivity index is 1.57. The Labute approximate surface area is 179 Å². The Morgan fingerprint density at radius 1 is 0.839 bits per heavy atom. The highest BCUT2D eigenvalue weighted by atomic mass is 16.5. The Morgan fingerprint density at radius 3 is 2.16 bits per heavy atom. The smallest absolute Gasteiger partial charge is 0.262 e. The van der Waals surface area contributed by atoms with Crippen LogP contribution < -0.4 is 25.8 Å². The van der Waals surface area contributed by atoms with Crippen molar-refractivity contribution < 1.29 is 23.9 Å². The van der Waals surface area contributed by atoms with Crippen molar-refractivity contribution in [3.8, 4) is 11.5 Å². The fourth-order valence-electron chi connectivity index (χ4n) is 2.78. The lowest BCUT2D eigenvalue weighted by Crippen LogP contribution is -2.21. The van der Waals surface area contributed by atoms with Crippen LogP contribution in [0.4, 0.5) is 11.4 Å².